The van der Waals surface area contributed by atoms with Crippen LogP contribution in [0.4, 0.5) is 0 Å². The van der Waals surface area contributed by atoms with Crippen molar-refractivity contribution in [1.82, 2.24) is 16.0 Å². The molecule has 0 aromatic carbocycles. The molecule has 6 atom stereocenters. The van der Waals surface area contributed by atoms with Gasteiger partial charge in [0.15, 0.2) is 0 Å². The molecule has 6 aliphatic rings. The van der Waals surface area contributed by atoms with Crippen LogP contribution in [0.15, 0.2) is 15.0 Å². The monoisotopic (exact) mass is 500 g/mol. The zero-order valence-corrected chi connectivity index (χ0v) is 23.0. The average molecular weight is 501 g/mol. The summed E-state index contributed by atoms with van der Waals surface area (Å²) < 4.78 is 0. The maximum atomic E-state index is 4.42. The molecule has 6 aliphatic heterocycles. The minimum atomic E-state index is 0. The fourth-order valence-electron chi connectivity index (χ4n) is 5.64. The number of aliphatic imine (C=N–C) groups is 3. The van der Waals surface area contributed by atoms with Crippen molar-refractivity contribution in [1.29, 1.82) is 0 Å². The smallest absolute Gasteiger partial charge is 0.448 e. The van der Waals surface area contributed by atoms with E-state index in [1.165, 1.54) is 74.2 Å². The normalized spacial score (nSPS) is 36.2. The molecule has 0 aromatic rings. The summed E-state index contributed by atoms with van der Waals surface area (Å²) in [6.45, 7) is 13.0. The predicted molar refractivity (Wildman–Crippen MR) is 125 cm³/mol. The molecular weight excluding hydrogens is 461 g/mol. The van der Waals surface area contributed by atoms with Gasteiger partial charge in [-0.05, 0) is 40.0 Å². The van der Waals surface area contributed by atoms with Gasteiger partial charge in [0.1, 0.15) is 0 Å². The van der Waals surface area contributed by atoms with Crippen molar-refractivity contribution >= 4 is 17.5 Å². The van der Waals surface area contributed by atoms with Crippen molar-refractivity contribution < 1.29 is 32.7 Å². The Morgan fingerprint density at radius 2 is 0.839 bits per heavy atom. The van der Waals surface area contributed by atoms with Crippen LogP contribution in [0.3, 0.4) is 0 Å². The summed E-state index contributed by atoms with van der Waals surface area (Å²) in [5.74, 6) is 5.92. The topological polar surface area (TPSA) is 73.2 Å². The zero-order valence-electron chi connectivity index (χ0n) is 20.1. The van der Waals surface area contributed by atoms with Gasteiger partial charge in [0, 0.05) is 18.1 Å². The maximum Gasteiger partial charge on any atom is 3.00 e. The van der Waals surface area contributed by atoms with Gasteiger partial charge in [0.25, 0.3) is 0 Å². The average Bonchev–Trinajstić information content (AvgIpc) is 3.41. The predicted octanol–water partition coefficient (Wildman–Crippen LogP) is 4.01. The Bertz CT molecular complexity index is 624. The van der Waals surface area contributed by atoms with Crippen LogP contribution in [0.5, 0.6) is 0 Å². The minimum absolute atomic E-state index is 0. The van der Waals surface area contributed by atoms with Crippen LogP contribution in [0.1, 0.15) is 80.1 Å². The molecule has 0 aliphatic carbocycles. The maximum absolute atomic E-state index is 4.42. The van der Waals surface area contributed by atoms with E-state index in [1.54, 1.807) is 0 Å². The van der Waals surface area contributed by atoms with Crippen molar-refractivity contribution in [2.75, 3.05) is 0 Å². The third-order valence-electron chi connectivity index (χ3n) is 6.82. The molecule has 3 N–H and O–H groups in total. The second kappa shape index (κ2) is 10.4. The van der Waals surface area contributed by atoms with E-state index in [1.807, 2.05) is 0 Å². The van der Waals surface area contributed by atoms with E-state index in [-0.39, 0.29) is 32.7 Å². The van der Waals surface area contributed by atoms with Crippen LogP contribution in [-0.2, 0) is 32.7 Å². The Balaban J connectivity index is 0.000000130. The van der Waals surface area contributed by atoms with Crippen molar-refractivity contribution in [3.63, 3.8) is 0 Å². The Kier molecular flexibility index (Phi) is 8.29. The van der Waals surface area contributed by atoms with E-state index in [0.29, 0.717) is 18.1 Å². The SMILES string of the molecule is C[C-]1CC2CC(C)NC2=N1.C[C-]1CC2CC(C)NC2=N1.C[C-]1CC2CC(C)NC2=N1.[Y+3]. The Morgan fingerprint density at radius 1 is 0.581 bits per heavy atom. The van der Waals surface area contributed by atoms with Gasteiger partial charge in [-0.2, -0.15) is 0 Å². The molecule has 6 rings (SSSR count). The molecule has 7 heteroatoms. The van der Waals surface area contributed by atoms with Gasteiger partial charge in [0.05, 0.1) is 0 Å². The Morgan fingerprint density at radius 3 is 1.06 bits per heavy atom. The molecule has 6 nitrogen and oxygen atoms in total. The van der Waals surface area contributed by atoms with Crippen LogP contribution >= 0.6 is 0 Å². The quantitative estimate of drug-likeness (QED) is 0.440. The summed E-state index contributed by atoms with van der Waals surface area (Å²) >= 11 is 0. The first kappa shape index (κ1) is 24.8. The summed E-state index contributed by atoms with van der Waals surface area (Å²) in [4.78, 5) is 13.3. The van der Waals surface area contributed by atoms with Gasteiger partial charge in [-0.25, -0.2) is 0 Å². The first-order valence-corrected chi connectivity index (χ1v) is 11.8. The second-order valence-corrected chi connectivity index (χ2v) is 10.2. The van der Waals surface area contributed by atoms with E-state index in [9.17, 15) is 0 Å². The molecular formula is C24H39N6Y. The molecule has 0 aromatic heterocycles. The van der Waals surface area contributed by atoms with E-state index in [0.717, 1.165) is 17.8 Å². The van der Waals surface area contributed by atoms with Crippen LogP contribution in [0, 0.1) is 35.9 Å². The molecule has 6 heterocycles. The van der Waals surface area contributed by atoms with Crippen LogP contribution < -0.4 is 16.0 Å². The summed E-state index contributed by atoms with van der Waals surface area (Å²) in [6.07, 6.45) is 7.38. The van der Waals surface area contributed by atoms with Gasteiger partial charge in [-0.15, -0.1) is 18.1 Å². The fraction of sp³-hybridized carbons (Fsp3) is 0.750. The van der Waals surface area contributed by atoms with Crippen LogP contribution in [-0.4, -0.2) is 35.6 Å². The number of fused-ring (bicyclic) bond motifs is 3. The molecule has 3 saturated heterocycles. The van der Waals surface area contributed by atoms with E-state index in [2.05, 4.69) is 72.5 Å². The summed E-state index contributed by atoms with van der Waals surface area (Å²) in [5.41, 5.74) is 0. The third-order valence-corrected chi connectivity index (χ3v) is 6.82. The summed E-state index contributed by atoms with van der Waals surface area (Å²) in [5, 5.41) is 10.1. The van der Waals surface area contributed by atoms with Gasteiger partial charge in [0.2, 0.25) is 0 Å². The molecule has 3 fully saturated rings. The van der Waals surface area contributed by atoms with Crippen molar-refractivity contribution in [2.45, 2.75) is 98.2 Å². The Hall–Kier alpha value is -0.876. The molecule has 0 radical (unpaired) electrons. The van der Waals surface area contributed by atoms with Gasteiger partial charge in [-0.1, -0.05) is 75.3 Å². The number of hydrogen-bond donors (Lipinski definition) is 3. The van der Waals surface area contributed by atoms with Crippen LogP contribution in [0.25, 0.3) is 0 Å². The molecule has 0 bridgehead atoms. The van der Waals surface area contributed by atoms with Crippen molar-refractivity contribution in [3.8, 4) is 0 Å². The molecule has 0 spiro atoms. The van der Waals surface area contributed by atoms with Crippen molar-refractivity contribution in [2.24, 2.45) is 32.7 Å². The summed E-state index contributed by atoms with van der Waals surface area (Å²) in [7, 11) is 0. The summed E-state index contributed by atoms with van der Waals surface area (Å²) in [6, 6.07) is 5.82. The number of nitrogens with zero attached hydrogens (tertiary/aromatic N) is 3. The number of rotatable bonds is 0. The fourth-order valence-corrected chi connectivity index (χ4v) is 5.64. The first-order chi connectivity index (χ1) is 14.3. The minimum Gasteiger partial charge on any atom is -0.448 e. The van der Waals surface area contributed by atoms with E-state index in [4.69, 9.17) is 0 Å². The zero-order chi connectivity index (χ0) is 21.4. The van der Waals surface area contributed by atoms with E-state index >= 15 is 0 Å². The van der Waals surface area contributed by atoms with Gasteiger partial charge >= 0.3 is 32.7 Å². The standard InChI is InChI=1S/3C8H13N2.Y/c3*1-5-3-7-4-6(2)10-8(7)9-5;/h3*5,7H,3-4H2,1-2H3,(H,9,10);/q3*-1;+3. The first-order valence-electron chi connectivity index (χ1n) is 11.8. The molecule has 0 saturated carbocycles. The molecule has 168 valence electrons. The van der Waals surface area contributed by atoms with Gasteiger partial charge in [-0.3, -0.25) is 0 Å². The van der Waals surface area contributed by atoms with E-state index < -0.39 is 0 Å². The molecule has 31 heavy (non-hydrogen) atoms. The van der Waals surface area contributed by atoms with Crippen molar-refractivity contribution in [3.05, 3.63) is 18.1 Å². The second-order valence-electron chi connectivity index (χ2n) is 10.2. The Labute approximate surface area is 214 Å². The number of hydrogen-bond acceptors (Lipinski definition) is 6. The molecule has 0 amide bonds. The van der Waals surface area contributed by atoms with Gasteiger partial charge < -0.3 is 30.9 Å². The number of amidine groups is 3. The van der Waals surface area contributed by atoms with Crippen LogP contribution in [0.2, 0.25) is 0 Å². The number of nitrogens with one attached hydrogen (secondary N) is 3. The molecule has 6 unspecified atom stereocenters. The third kappa shape index (κ3) is 6.13. The largest absolute Gasteiger partial charge is 3.00 e.